The van der Waals surface area contributed by atoms with Crippen LogP contribution in [0.15, 0.2) is 85.1 Å². The predicted octanol–water partition coefficient (Wildman–Crippen LogP) is 7.50. The van der Waals surface area contributed by atoms with Crippen molar-refractivity contribution in [2.75, 3.05) is 4.90 Å². The van der Waals surface area contributed by atoms with E-state index in [9.17, 15) is 0 Å². The molecule has 9 rings (SSSR count). The third-order valence-electron chi connectivity index (χ3n) is 8.51. The summed E-state index contributed by atoms with van der Waals surface area (Å²) in [6.45, 7) is 0. The number of hydrogen-bond acceptors (Lipinski definition) is 2. The van der Waals surface area contributed by atoms with Gasteiger partial charge in [-0.15, -0.1) is 0 Å². The van der Waals surface area contributed by atoms with Crippen LogP contribution in [0.25, 0.3) is 22.3 Å². The molecule has 0 saturated carbocycles. The molecule has 35 heavy (non-hydrogen) atoms. The summed E-state index contributed by atoms with van der Waals surface area (Å²) in [7, 11) is 0. The SMILES string of the molecule is c1ccc2c(c1)Cc1cc3c(cc1-2)Cc1nccc2c1N3c1cc3c(cc1C2)Cc1ccccc1-3. The summed E-state index contributed by atoms with van der Waals surface area (Å²) in [5, 5.41) is 0. The maximum absolute atomic E-state index is 4.89. The normalized spacial score (nSPS) is 14.9. The van der Waals surface area contributed by atoms with Crippen molar-refractivity contribution in [3.05, 3.63) is 130 Å². The molecule has 2 aliphatic carbocycles. The number of pyridine rings is 1. The summed E-state index contributed by atoms with van der Waals surface area (Å²) < 4.78 is 0. The average molecular weight is 447 g/mol. The van der Waals surface area contributed by atoms with Gasteiger partial charge in [-0.2, -0.15) is 0 Å². The molecule has 0 N–H and O–H groups in total. The highest BCUT2D eigenvalue weighted by Gasteiger charge is 2.35. The van der Waals surface area contributed by atoms with E-state index in [0.717, 1.165) is 25.7 Å². The number of anilines is 3. The highest BCUT2D eigenvalue weighted by Crippen LogP contribution is 2.53. The van der Waals surface area contributed by atoms with Crippen molar-refractivity contribution in [2.24, 2.45) is 0 Å². The molecular weight excluding hydrogens is 424 g/mol. The molecule has 0 spiro atoms. The molecule has 164 valence electrons. The molecule has 0 fully saturated rings. The number of nitrogens with zero attached hydrogens (tertiary/aromatic N) is 2. The third kappa shape index (κ3) is 2.32. The number of fused-ring (bicyclic) bond motifs is 10. The van der Waals surface area contributed by atoms with Gasteiger partial charge in [0.2, 0.25) is 0 Å². The van der Waals surface area contributed by atoms with Gasteiger partial charge in [0.15, 0.2) is 0 Å². The van der Waals surface area contributed by atoms with Crippen LogP contribution in [0.4, 0.5) is 17.1 Å². The van der Waals surface area contributed by atoms with Gasteiger partial charge in [0, 0.05) is 19.0 Å². The number of rotatable bonds is 0. The quantitative estimate of drug-likeness (QED) is 0.240. The second-order valence-electron chi connectivity index (χ2n) is 10.4. The second kappa shape index (κ2) is 6.28. The molecule has 0 saturated heterocycles. The molecule has 4 aromatic carbocycles. The lowest BCUT2D eigenvalue weighted by Crippen LogP contribution is -2.25. The molecule has 2 aliphatic heterocycles. The zero-order valence-corrected chi connectivity index (χ0v) is 19.3. The minimum Gasteiger partial charge on any atom is -0.308 e. The van der Waals surface area contributed by atoms with Crippen molar-refractivity contribution in [3.8, 4) is 22.3 Å². The maximum atomic E-state index is 4.89. The van der Waals surface area contributed by atoms with Crippen LogP contribution in [0, 0.1) is 0 Å². The van der Waals surface area contributed by atoms with E-state index in [1.54, 1.807) is 0 Å². The number of aromatic nitrogens is 1. The topological polar surface area (TPSA) is 16.1 Å². The molecule has 4 aliphatic rings. The predicted molar refractivity (Wildman–Crippen MR) is 141 cm³/mol. The van der Waals surface area contributed by atoms with Gasteiger partial charge in [-0.1, -0.05) is 54.6 Å². The lowest BCUT2D eigenvalue weighted by molar-refractivity contribution is 0.958. The highest BCUT2D eigenvalue weighted by atomic mass is 15.2. The fourth-order valence-corrected chi connectivity index (χ4v) is 6.98. The molecule has 0 atom stereocenters. The molecule has 2 heteroatoms. The molecule has 0 unspecified atom stereocenters. The van der Waals surface area contributed by atoms with Gasteiger partial charge in [-0.3, -0.25) is 4.98 Å². The molecule has 3 heterocycles. The van der Waals surface area contributed by atoms with E-state index in [-0.39, 0.29) is 0 Å². The van der Waals surface area contributed by atoms with Crippen LogP contribution in [-0.4, -0.2) is 4.98 Å². The Hall–Kier alpha value is -4.17. The highest BCUT2D eigenvalue weighted by molar-refractivity contribution is 5.93. The molecule has 0 bridgehead atoms. The summed E-state index contributed by atoms with van der Waals surface area (Å²) >= 11 is 0. The van der Waals surface area contributed by atoms with Crippen LogP contribution in [0.3, 0.4) is 0 Å². The summed E-state index contributed by atoms with van der Waals surface area (Å²) in [6.07, 6.45) is 5.94. The molecule has 2 nitrogen and oxygen atoms in total. The van der Waals surface area contributed by atoms with Crippen LogP contribution >= 0.6 is 0 Å². The molecule has 5 aromatic rings. The van der Waals surface area contributed by atoms with Gasteiger partial charge in [-0.05, 0) is 98.3 Å². The molecule has 0 amide bonds. The first-order chi connectivity index (χ1) is 17.3. The maximum Gasteiger partial charge on any atom is 0.0716 e. The van der Waals surface area contributed by atoms with E-state index >= 15 is 0 Å². The van der Waals surface area contributed by atoms with Gasteiger partial charge in [0.25, 0.3) is 0 Å². The van der Waals surface area contributed by atoms with Crippen LogP contribution in [0.5, 0.6) is 0 Å². The summed E-state index contributed by atoms with van der Waals surface area (Å²) in [4.78, 5) is 7.43. The van der Waals surface area contributed by atoms with Crippen molar-refractivity contribution in [1.29, 1.82) is 0 Å². The minimum atomic E-state index is 0.896. The molecular formula is C33H22N2. The average Bonchev–Trinajstić information content (AvgIpc) is 3.43. The number of hydrogen-bond donors (Lipinski definition) is 0. The molecule has 1 aromatic heterocycles. The van der Waals surface area contributed by atoms with Crippen LogP contribution < -0.4 is 4.90 Å². The van der Waals surface area contributed by atoms with Gasteiger partial charge >= 0.3 is 0 Å². The first-order valence-electron chi connectivity index (χ1n) is 12.6. The van der Waals surface area contributed by atoms with Crippen molar-refractivity contribution in [1.82, 2.24) is 4.98 Å². The Morgan fingerprint density at radius 1 is 0.486 bits per heavy atom. The standard InChI is InChI=1S/C33H22N2/c1-3-7-26-20(6-1)12-23-17-31-25(15-28(23)26)16-30-33-21(9-10-34-30)13-24-14-22-11-19-5-2-4-8-27(19)29(22)18-32(24)35(31)33/h1-10,14-15,17-18H,11-13,16H2. The summed E-state index contributed by atoms with van der Waals surface area (Å²) in [6, 6.07) is 29.9. The van der Waals surface area contributed by atoms with Gasteiger partial charge < -0.3 is 4.90 Å². The molecule has 0 radical (unpaired) electrons. The summed E-state index contributed by atoms with van der Waals surface area (Å²) in [5.41, 5.74) is 20.8. The van der Waals surface area contributed by atoms with Crippen LogP contribution in [-0.2, 0) is 25.7 Å². The Morgan fingerprint density at radius 3 is 1.91 bits per heavy atom. The van der Waals surface area contributed by atoms with Gasteiger partial charge in [0.1, 0.15) is 0 Å². The van der Waals surface area contributed by atoms with Crippen molar-refractivity contribution < 1.29 is 0 Å². The van der Waals surface area contributed by atoms with Crippen molar-refractivity contribution in [3.63, 3.8) is 0 Å². The largest absolute Gasteiger partial charge is 0.308 e. The minimum absolute atomic E-state index is 0.896. The number of benzene rings is 4. The zero-order chi connectivity index (χ0) is 22.7. The third-order valence-corrected chi connectivity index (χ3v) is 8.51. The Kier molecular flexibility index (Phi) is 3.27. The van der Waals surface area contributed by atoms with Crippen molar-refractivity contribution in [2.45, 2.75) is 25.7 Å². The fourth-order valence-electron chi connectivity index (χ4n) is 6.98. The Labute approximate surface area is 204 Å². The van der Waals surface area contributed by atoms with E-state index in [1.807, 2.05) is 6.20 Å². The lowest BCUT2D eigenvalue weighted by Gasteiger charge is -2.39. The van der Waals surface area contributed by atoms with E-state index < -0.39 is 0 Å². The van der Waals surface area contributed by atoms with E-state index in [1.165, 1.54) is 84.0 Å². The second-order valence-corrected chi connectivity index (χ2v) is 10.4. The zero-order valence-electron chi connectivity index (χ0n) is 19.3. The lowest BCUT2D eigenvalue weighted by atomic mass is 9.86. The van der Waals surface area contributed by atoms with Gasteiger partial charge in [-0.25, -0.2) is 0 Å². The van der Waals surface area contributed by atoms with Gasteiger partial charge in [0.05, 0.1) is 22.8 Å². The fraction of sp³-hybridized carbons (Fsp3) is 0.121. The van der Waals surface area contributed by atoms with Crippen LogP contribution in [0.2, 0.25) is 0 Å². The first-order valence-corrected chi connectivity index (χ1v) is 12.6. The first kappa shape index (κ1) is 18.2. The van der Waals surface area contributed by atoms with Crippen LogP contribution in [0.1, 0.15) is 44.6 Å². The smallest absolute Gasteiger partial charge is 0.0716 e. The van der Waals surface area contributed by atoms with E-state index in [0.29, 0.717) is 0 Å². The summed E-state index contributed by atoms with van der Waals surface area (Å²) in [5.74, 6) is 0. The van der Waals surface area contributed by atoms with E-state index in [4.69, 9.17) is 4.98 Å². The van der Waals surface area contributed by atoms with E-state index in [2.05, 4.69) is 83.8 Å². The Balaban J connectivity index is 1.30. The Bertz CT molecular complexity index is 1760. The Morgan fingerprint density at radius 2 is 1.11 bits per heavy atom. The monoisotopic (exact) mass is 446 g/mol. The van der Waals surface area contributed by atoms with Crippen molar-refractivity contribution >= 4 is 17.1 Å².